The maximum atomic E-state index is 14.8. The summed E-state index contributed by atoms with van der Waals surface area (Å²) in [5, 5.41) is 10.9. The molecular weight excluding hydrogens is 779 g/mol. The smallest absolute Gasteiger partial charge is 0.272 e. The van der Waals surface area contributed by atoms with Crippen LogP contribution in [0, 0.1) is 12.8 Å². The number of carbonyl (C=O) groups excluding carboxylic acids is 4. The molecule has 2 aliphatic heterocycles. The van der Waals surface area contributed by atoms with Gasteiger partial charge in [-0.05, 0) is 78.5 Å². The minimum absolute atomic E-state index is 0.0188. The molecule has 0 spiro atoms. The molecule has 0 radical (unpaired) electrons. The number of ether oxygens (including phenoxy) is 3. The highest BCUT2D eigenvalue weighted by atomic mass is 32.2. The average Bonchev–Trinajstić information content (AvgIpc) is 4.06. The Morgan fingerprint density at radius 3 is 2.54 bits per heavy atom. The van der Waals surface area contributed by atoms with E-state index in [4.69, 9.17) is 19.2 Å². The summed E-state index contributed by atoms with van der Waals surface area (Å²) in [5.41, 5.74) is -0.0241. The number of allylic oxidation sites excluding steroid dienone is 3. The quantitative estimate of drug-likeness (QED) is 0.232. The number of aryl methyl sites for hydroxylation is 1. The molecule has 316 valence electrons. The molecule has 4 amide bonds. The first-order valence-electron chi connectivity index (χ1n) is 20.3. The largest absolute Gasteiger partial charge is 0.496 e. The van der Waals surface area contributed by atoms with Crippen molar-refractivity contribution in [2.75, 3.05) is 13.7 Å². The standard InChI is InChI=1S/C42H53N7O9S/c1-24(2)49-19-18-31(46-49)38(50)43-32-13-11-9-7-8-10-12-27-22-42(27,41(53)47-59(54,55)29-14-15-29)45-39(51)33-20-28(23-48(33)40(32)52)58-35-21-36(57-25(3)4)44-37-26(5)34(56-6)17-16-30(35)37/h10,12,14,16-19,21,24-25,27-28,32-33H,7-9,11,13,15,20,22-23H2,1-6H3,(H,43,50)(H,45,51)(H,47,53)/b12-10-/t27-,28-,32+,33+,42-/m1/s1. The fraction of sp³-hybridized carbons (Fsp3) is 0.524. The predicted molar refractivity (Wildman–Crippen MR) is 218 cm³/mol. The number of hydrogen-bond acceptors (Lipinski definition) is 11. The van der Waals surface area contributed by atoms with Crippen LogP contribution in [0.5, 0.6) is 17.4 Å². The number of carbonyl (C=O) groups is 4. The van der Waals surface area contributed by atoms with Crippen LogP contribution in [0.25, 0.3) is 10.9 Å². The van der Waals surface area contributed by atoms with Gasteiger partial charge in [-0.2, -0.15) is 5.10 Å². The zero-order valence-corrected chi connectivity index (χ0v) is 35.1. The van der Waals surface area contributed by atoms with Crippen LogP contribution in [-0.2, 0) is 24.4 Å². The number of nitrogens with one attached hydrogen (secondary N) is 3. The van der Waals surface area contributed by atoms with Gasteiger partial charge in [0.15, 0.2) is 0 Å². The highest BCUT2D eigenvalue weighted by Gasteiger charge is 2.62. The van der Waals surface area contributed by atoms with Gasteiger partial charge in [-0.25, -0.2) is 18.1 Å². The van der Waals surface area contributed by atoms with Gasteiger partial charge in [0, 0.05) is 48.0 Å². The monoisotopic (exact) mass is 831 g/mol. The Labute approximate surface area is 344 Å². The minimum Gasteiger partial charge on any atom is -0.496 e. The van der Waals surface area contributed by atoms with Crippen molar-refractivity contribution in [1.29, 1.82) is 0 Å². The highest BCUT2D eigenvalue weighted by molar-refractivity contribution is 7.94. The van der Waals surface area contributed by atoms with E-state index in [0.717, 1.165) is 18.4 Å². The third-order valence-corrected chi connectivity index (χ3v) is 12.7. The summed E-state index contributed by atoms with van der Waals surface area (Å²) >= 11 is 0. The van der Waals surface area contributed by atoms with Crippen LogP contribution in [-0.4, -0.2) is 95.2 Å². The molecule has 2 fully saturated rings. The second kappa shape index (κ2) is 16.7. The fourth-order valence-electron chi connectivity index (χ4n) is 7.84. The van der Waals surface area contributed by atoms with Crippen LogP contribution < -0.4 is 29.6 Å². The van der Waals surface area contributed by atoms with E-state index in [1.807, 2.05) is 58.9 Å². The first kappa shape index (κ1) is 41.7. The van der Waals surface area contributed by atoms with Gasteiger partial charge in [0.2, 0.25) is 17.7 Å². The summed E-state index contributed by atoms with van der Waals surface area (Å²) in [6.45, 7) is 9.50. The second-order valence-corrected chi connectivity index (χ2v) is 18.1. The maximum absolute atomic E-state index is 14.8. The molecule has 16 nitrogen and oxygen atoms in total. The number of fused-ring (bicyclic) bond motifs is 3. The molecule has 2 aliphatic carbocycles. The van der Waals surface area contributed by atoms with Gasteiger partial charge in [0.1, 0.15) is 40.9 Å². The number of rotatable bonds is 11. The summed E-state index contributed by atoms with van der Waals surface area (Å²) in [6, 6.07) is 4.79. The number of amides is 4. The van der Waals surface area contributed by atoms with Crippen molar-refractivity contribution in [3.8, 4) is 17.4 Å². The maximum Gasteiger partial charge on any atom is 0.272 e. The lowest BCUT2D eigenvalue weighted by Crippen LogP contribution is -2.58. The number of nitrogens with zero attached hydrogens (tertiary/aromatic N) is 4. The number of pyridine rings is 1. The lowest BCUT2D eigenvalue weighted by atomic mass is 10.0. The Balaban J connectivity index is 1.23. The lowest BCUT2D eigenvalue weighted by Gasteiger charge is -2.29. The van der Waals surface area contributed by atoms with Gasteiger partial charge in [-0.3, -0.25) is 23.9 Å². The van der Waals surface area contributed by atoms with Gasteiger partial charge >= 0.3 is 0 Å². The van der Waals surface area contributed by atoms with Gasteiger partial charge in [-0.1, -0.05) is 31.1 Å². The van der Waals surface area contributed by atoms with E-state index in [0.29, 0.717) is 47.5 Å². The van der Waals surface area contributed by atoms with Gasteiger partial charge < -0.3 is 29.7 Å². The molecule has 0 unspecified atom stereocenters. The van der Waals surface area contributed by atoms with E-state index < -0.39 is 63.3 Å². The first-order valence-corrected chi connectivity index (χ1v) is 21.8. The molecule has 4 aliphatic rings. The molecule has 2 aromatic heterocycles. The topological polar surface area (TPSA) is 200 Å². The van der Waals surface area contributed by atoms with Crippen LogP contribution in [0.15, 0.2) is 53.6 Å². The Bertz CT molecular complexity index is 2320. The number of sulfonamides is 1. The Hall–Kier alpha value is -5.45. The van der Waals surface area contributed by atoms with Crippen LogP contribution in [0.3, 0.4) is 0 Å². The number of aromatic nitrogens is 3. The van der Waals surface area contributed by atoms with Crippen molar-refractivity contribution in [3.63, 3.8) is 0 Å². The summed E-state index contributed by atoms with van der Waals surface area (Å²) < 4.78 is 47.8. The van der Waals surface area contributed by atoms with E-state index in [1.165, 1.54) is 11.0 Å². The molecule has 3 N–H and O–H groups in total. The highest BCUT2D eigenvalue weighted by Crippen LogP contribution is 2.46. The van der Waals surface area contributed by atoms with Gasteiger partial charge in [0.25, 0.3) is 21.8 Å². The average molecular weight is 832 g/mol. The number of hydrogen-bond donors (Lipinski definition) is 3. The minimum atomic E-state index is -4.05. The fourth-order valence-corrected chi connectivity index (χ4v) is 8.92. The van der Waals surface area contributed by atoms with E-state index >= 15 is 0 Å². The van der Waals surface area contributed by atoms with Crippen molar-refractivity contribution in [2.45, 2.75) is 122 Å². The van der Waals surface area contributed by atoms with Crippen molar-refractivity contribution < 1.29 is 41.8 Å². The molecule has 7 rings (SSSR count). The lowest BCUT2D eigenvalue weighted by molar-refractivity contribution is -0.141. The van der Waals surface area contributed by atoms with Crippen LogP contribution >= 0.6 is 0 Å². The summed E-state index contributed by atoms with van der Waals surface area (Å²) in [4.78, 5) is 63.1. The SMILES string of the molecule is COc1ccc2c(O[C@@H]3C[C@H]4C(=O)N[C@]5(C(=O)NS(=O)(=O)C6=CC6)C[C@H]5/C=C\CCCCC[C@H](NC(=O)c5ccn(C(C)C)n5)C(=O)N4C3)cc(OC(C)C)nc2c1C. The Morgan fingerprint density at radius 1 is 1.07 bits per heavy atom. The molecule has 4 heterocycles. The Morgan fingerprint density at radius 2 is 1.85 bits per heavy atom. The number of benzene rings is 1. The van der Waals surface area contributed by atoms with E-state index in [-0.39, 0.29) is 48.6 Å². The van der Waals surface area contributed by atoms with Crippen molar-refractivity contribution in [2.24, 2.45) is 5.92 Å². The molecule has 17 heteroatoms. The third-order valence-electron chi connectivity index (χ3n) is 11.3. The van der Waals surface area contributed by atoms with E-state index in [2.05, 4.69) is 20.5 Å². The van der Waals surface area contributed by atoms with Crippen molar-refractivity contribution >= 4 is 44.6 Å². The van der Waals surface area contributed by atoms with Crippen molar-refractivity contribution in [3.05, 3.63) is 64.9 Å². The van der Waals surface area contributed by atoms with Crippen LogP contribution in [0.1, 0.15) is 101 Å². The second-order valence-electron chi connectivity index (χ2n) is 16.3. The molecule has 3 aromatic rings. The molecule has 1 aromatic carbocycles. The molecular formula is C42H53N7O9S. The van der Waals surface area contributed by atoms with E-state index in [1.54, 1.807) is 30.1 Å². The zero-order chi connectivity index (χ0) is 42.2. The molecule has 0 bridgehead atoms. The Kier molecular flexibility index (Phi) is 11.8. The molecule has 5 atom stereocenters. The van der Waals surface area contributed by atoms with Gasteiger partial charge in [0.05, 0.1) is 30.2 Å². The van der Waals surface area contributed by atoms with E-state index in [9.17, 15) is 27.6 Å². The molecule has 1 saturated heterocycles. The zero-order valence-electron chi connectivity index (χ0n) is 34.3. The van der Waals surface area contributed by atoms with Crippen molar-refractivity contribution in [1.82, 2.24) is 35.0 Å². The van der Waals surface area contributed by atoms with Crippen LogP contribution in [0.4, 0.5) is 0 Å². The third kappa shape index (κ3) is 8.94. The predicted octanol–water partition coefficient (Wildman–Crippen LogP) is 4.39. The summed E-state index contributed by atoms with van der Waals surface area (Å²) in [5.74, 6) is -1.57. The number of methoxy groups -OCH3 is 1. The molecule has 59 heavy (non-hydrogen) atoms. The summed E-state index contributed by atoms with van der Waals surface area (Å²) in [6.07, 6.45) is 9.68. The van der Waals surface area contributed by atoms with Gasteiger partial charge in [-0.15, -0.1) is 0 Å². The molecule has 1 saturated carbocycles. The first-order chi connectivity index (χ1) is 28.1. The normalized spacial score (nSPS) is 25.2. The summed E-state index contributed by atoms with van der Waals surface area (Å²) in [7, 11) is -2.47. The van der Waals surface area contributed by atoms with Crippen LogP contribution in [0.2, 0.25) is 0 Å².